The minimum atomic E-state index is -0.833. The summed E-state index contributed by atoms with van der Waals surface area (Å²) in [6.07, 6.45) is 2.85. The molecule has 1 amide bonds. The first kappa shape index (κ1) is 5.31. The van der Waals surface area contributed by atoms with Crippen LogP contribution in [0, 0.1) is 0 Å². The van der Waals surface area contributed by atoms with Crippen molar-refractivity contribution in [3.8, 4) is 0 Å². The first-order valence-corrected chi connectivity index (χ1v) is 2.44. The van der Waals surface area contributed by atoms with Crippen LogP contribution >= 0.6 is 0 Å². The molecule has 2 N–H and O–H groups in total. The molecule has 1 heterocycles. The van der Waals surface area contributed by atoms with E-state index in [4.69, 9.17) is 5.11 Å². The Kier molecular flexibility index (Phi) is 1.30. The van der Waals surface area contributed by atoms with Gasteiger partial charge in [0.25, 0.3) is 5.91 Å². The minimum Gasteiger partial charge on any atom is -0.383 e. The Morgan fingerprint density at radius 2 is 2.62 bits per heavy atom. The van der Waals surface area contributed by atoms with Crippen molar-refractivity contribution in [2.24, 2.45) is 0 Å². The average molecular weight is 113 g/mol. The first-order chi connectivity index (χ1) is 3.80. The van der Waals surface area contributed by atoms with Gasteiger partial charge in [0.2, 0.25) is 0 Å². The maximum Gasteiger partial charge on any atom is 0.253 e. The quantitative estimate of drug-likeness (QED) is 0.440. The van der Waals surface area contributed by atoms with Crippen molar-refractivity contribution in [2.75, 3.05) is 0 Å². The van der Waals surface area contributed by atoms with Crippen molar-refractivity contribution in [2.45, 2.75) is 12.5 Å². The zero-order chi connectivity index (χ0) is 5.98. The largest absolute Gasteiger partial charge is 0.383 e. The number of rotatable bonds is 0. The van der Waals surface area contributed by atoms with Gasteiger partial charge in [0, 0.05) is 6.42 Å². The number of aliphatic hydroxyl groups is 1. The van der Waals surface area contributed by atoms with E-state index in [1.165, 1.54) is 6.20 Å². The van der Waals surface area contributed by atoms with Gasteiger partial charge in [-0.25, -0.2) is 0 Å². The molecule has 3 heteroatoms. The molecule has 1 aliphatic rings. The van der Waals surface area contributed by atoms with Crippen LogP contribution in [0.1, 0.15) is 6.42 Å². The fraction of sp³-hybridized carbons (Fsp3) is 0.400. The van der Waals surface area contributed by atoms with Crippen molar-refractivity contribution in [1.29, 1.82) is 0 Å². The van der Waals surface area contributed by atoms with Gasteiger partial charge in [0.1, 0.15) is 6.10 Å². The number of amides is 1. The predicted molar refractivity (Wildman–Crippen MR) is 27.9 cm³/mol. The third-order valence-corrected chi connectivity index (χ3v) is 1.01. The molecule has 0 saturated heterocycles. The molecule has 0 aromatic rings. The smallest absolute Gasteiger partial charge is 0.253 e. The van der Waals surface area contributed by atoms with E-state index in [2.05, 4.69) is 5.32 Å². The van der Waals surface area contributed by atoms with Crippen LogP contribution in [0.3, 0.4) is 0 Å². The first-order valence-electron chi connectivity index (χ1n) is 2.44. The van der Waals surface area contributed by atoms with Gasteiger partial charge in [0.05, 0.1) is 0 Å². The predicted octanol–water partition coefficient (Wildman–Crippen LogP) is -0.619. The third-order valence-electron chi connectivity index (χ3n) is 1.01. The van der Waals surface area contributed by atoms with Crippen molar-refractivity contribution < 1.29 is 9.90 Å². The van der Waals surface area contributed by atoms with Crippen molar-refractivity contribution in [3.63, 3.8) is 0 Å². The van der Waals surface area contributed by atoms with E-state index >= 15 is 0 Å². The molecule has 1 rings (SSSR count). The van der Waals surface area contributed by atoms with E-state index in [1.54, 1.807) is 6.08 Å². The SMILES string of the molecule is O=C1NC=CCC1O. The maximum absolute atomic E-state index is 10.4. The van der Waals surface area contributed by atoms with Gasteiger partial charge in [-0.1, -0.05) is 6.08 Å². The minimum absolute atomic E-state index is 0.312. The van der Waals surface area contributed by atoms with E-state index < -0.39 is 6.10 Å². The van der Waals surface area contributed by atoms with Gasteiger partial charge in [-0.15, -0.1) is 0 Å². The van der Waals surface area contributed by atoms with Crippen LogP contribution in [-0.4, -0.2) is 17.1 Å². The van der Waals surface area contributed by atoms with Crippen LogP contribution in [0.15, 0.2) is 12.3 Å². The van der Waals surface area contributed by atoms with Crippen molar-refractivity contribution in [1.82, 2.24) is 5.32 Å². The zero-order valence-corrected chi connectivity index (χ0v) is 4.29. The molecular weight excluding hydrogens is 106 g/mol. The highest BCUT2D eigenvalue weighted by Crippen LogP contribution is 1.96. The summed E-state index contributed by atoms with van der Waals surface area (Å²) in [5.74, 6) is -0.312. The highest BCUT2D eigenvalue weighted by atomic mass is 16.3. The van der Waals surface area contributed by atoms with Crippen molar-refractivity contribution in [3.05, 3.63) is 12.3 Å². The molecule has 0 aromatic carbocycles. The molecule has 1 aliphatic heterocycles. The number of nitrogens with one attached hydrogen (secondary N) is 1. The number of aliphatic hydroxyl groups excluding tert-OH is 1. The molecule has 1 atom stereocenters. The second-order valence-corrected chi connectivity index (χ2v) is 1.66. The molecule has 0 aromatic heterocycles. The van der Waals surface area contributed by atoms with E-state index in [1.807, 2.05) is 0 Å². The zero-order valence-electron chi connectivity index (χ0n) is 4.29. The lowest BCUT2D eigenvalue weighted by molar-refractivity contribution is -0.128. The van der Waals surface area contributed by atoms with Gasteiger partial charge < -0.3 is 10.4 Å². The monoisotopic (exact) mass is 113 g/mol. The summed E-state index contributed by atoms with van der Waals surface area (Å²) in [5.41, 5.74) is 0. The topological polar surface area (TPSA) is 49.3 Å². The fourth-order valence-electron chi connectivity index (χ4n) is 0.541. The molecule has 0 radical (unpaired) electrons. The summed E-state index contributed by atoms with van der Waals surface area (Å²) >= 11 is 0. The molecule has 0 fully saturated rings. The molecule has 0 aliphatic carbocycles. The number of carbonyl (C=O) groups excluding carboxylic acids is 1. The Morgan fingerprint density at radius 1 is 1.88 bits per heavy atom. The molecule has 8 heavy (non-hydrogen) atoms. The standard InChI is InChI=1S/C5H7NO2/c7-4-2-1-3-6-5(4)8/h1,3-4,7H,2H2,(H,6,8). The summed E-state index contributed by atoms with van der Waals surface area (Å²) in [4.78, 5) is 10.4. The van der Waals surface area contributed by atoms with Gasteiger partial charge in [0.15, 0.2) is 0 Å². The fourth-order valence-corrected chi connectivity index (χ4v) is 0.541. The van der Waals surface area contributed by atoms with Gasteiger partial charge in [-0.05, 0) is 6.20 Å². The average Bonchev–Trinajstić information content (AvgIpc) is 1.77. The number of hydrogen-bond acceptors (Lipinski definition) is 2. The molecule has 0 bridgehead atoms. The van der Waals surface area contributed by atoms with Crippen LogP contribution in [0.2, 0.25) is 0 Å². The van der Waals surface area contributed by atoms with Crippen LogP contribution < -0.4 is 5.32 Å². The Labute approximate surface area is 47.0 Å². The van der Waals surface area contributed by atoms with E-state index in [0.717, 1.165) is 0 Å². The summed E-state index contributed by atoms with van der Waals surface area (Å²) in [6, 6.07) is 0. The lowest BCUT2D eigenvalue weighted by Gasteiger charge is -2.09. The number of hydrogen-bond donors (Lipinski definition) is 2. The molecule has 0 saturated carbocycles. The molecular formula is C5H7NO2. The normalized spacial score (nSPS) is 27.6. The van der Waals surface area contributed by atoms with Crippen LogP contribution in [0.25, 0.3) is 0 Å². The van der Waals surface area contributed by atoms with Crippen LogP contribution in [0.5, 0.6) is 0 Å². The second-order valence-electron chi connectivity index (χ2n) is 1.66. The summed E-state index contributed by atoms with van der Waals surface area (Å²) in [5, 5.41) is 11.1. The van der Waals surface area contributed by atoms with E-state index in [9.17, 15) is 4.79 Å². The van der Waals surface area contributed by atoms with Crippen LogP contribution in [0.4, 0.5) is 0 Å². The Morgan fingerprint density at radius 3 is 3.00 bits per heavy atom. The lowest BCUT2D eigenvalue weighted by Crippen LogP contribution is -2.33. The molecule has 0 spiro atoms. The lowest BCUT2D eigenvalue weighted by atomic mass is 10.2. The maximum atomic E-state index is 10.4. The number of carbonyl (C=O) groups is 1. The molecule has 44 valence electrons. The Bertz CT molecular complexity index is 130. The Hall–Kier alpha value is -0.830. The van der Waals surface area contributed by atoms with Crippen molar-refractivity contribution >= 4 is 5.91 Å². The van der Waals surface area contributed by atoms with Gasteiger partial charge >= 0.3 is 0 Å². The van der Waals surface area contributed by atoms with E-state index in [-0.39, 0.29) is 5.91 Å². The third kappa shape index (κ3) is 0.869. The van der Waals surface area contributed by atoms with Crippen LogP contribution in [-0.2, 0) is 4.79 Å². The highest BCUT2D eigenvalue weighted by Gasteiger charge is 2.13. The summed E-state index contributed by atoms with van der Waals surface area (Å²) in [7, 11) is 0. The van der Waals surface area contributed by atoms with Gasteiger partial charge in [-0.3, -0.25) is 4.79 Å². The van der Waals surface area contributed by atoms with E-state index in [0.29, 0.717) is 6.42 Å². The van der Waals surface area contributed by atoms with Gasteiger partial charge in [-0.2, -0.15) is 0 Å². The summed E-state index contributed by atoms with van der Waals surface area (Å²) in [6.45, 7) is 0. The molecule has 3 nitrogen and oxygen atoms in total. The summed E-state index contributed by atoms with van der Waals surface area (Å²) < 4.78 is 0. The second kappa shape index (κ2) is 1.96. The Balaban J connectivity index is 2.57. The highest BCUT2D eigenvalue weighted by molar-refractivity contribution is 5.82. The molecule has 1 unspecified atom stereocenters.